The average molecular weight is 401 g/mol. The van der Waals surface area contributed by atoms with Crippen molar-refractivity contribution in [3.8, 4) is 0 Å². The van der Waals surface area contributed by atoms with Gasteiger partial charge in [0.2, 0.25) is 10.0 Å². The lowest BCUT2D eigenvalue weighted by Crippen LogP contribution is -2.50. The van der Waals surface area contributed by atoms with Crippen molar-refractivity contribution in [3.63, 3.8) is 0 Å². The molecule has 2 atom stereocenters. The third-order valence-corrected chi connectivity index (χ3v) is 4.83. The van der Waals surface area contributed by atoms with Gasteiger partial charge in [0, 0.05) is 26.2 Å². The number of ether oxygens (including phenoxy) is 1. The van der Waals surface area contributed by atoms with Gasteiger partial charge in [0.05, 0.1) is 18.9 Å². The summed E-state index contributed by atoms with van der Waals surface area (Å²) in [6.07, 6.45) is 1.60. The van der Waals surface area contributed by atoms with E-state index >= 15 is 0 Å². The van der Waals surface area contributed by atoms with Crippen molar-refractivity contribution in [3.05, 3.63) is 35.6 Å². The molecule has 27 heavy (non-hydrogen) atoms. The first-order valence-electron chi connectivity index (χ1n) is 9.17. The Bertz CT molecular complexity index is 725. The van der Waals surface area contributed by atoms with Gasteiger partial charge in [-0.25, -0.2) is 17.5 Å². The number of nitrogens with zero attached hydrogens (tertiary/aromatic N) is 2. The molecule has 1 heterocycles. The van der Waals surface area contributed by atoms with Crippen LogP contribution in [0.1, 0.15) is 31.9 Å². The van der Waals surface area contributed by atoms with E-state index in [1.807, 2.05) is 13.8 Å². The zero-order valence-electron chi connectivity index (χ0n) is 16.1. The molecular weight excluding hydrogens is 371 g/mol. The SMILES string of the molecule is CCNC(=NCCCNS(C)(=O)=O)N1CC(C)OC(c2ccc(F)cc2)C1. The molecule has 0 spiro atoms. The number of rotatable bonds is 7. The van der Waals surface area contributed by atoms with Gasteiger partial charge >= 0.3 is 0 Å². The molecule has 1 aliphatic heterocycles. The molecular formula is C18H29FN4O3S. The van der Waals surface area contributed by atoms with E-state index in [9.17, 15) is 12.8 Å². The highest BCUT2D eigenvalue weighted by molar-refractivity contribution is 7.88. The molecule has 0 bridgehead atoms. The minimum Gasteiger partial charge on any atom is -0.367 e. The molecule has 152 valence electrons. The van der Waals surface area contributed by atoms with Crippen LogP contribution in [0.15, 0.2) is 29.3 Å². The smallest absolute Gasteiger partial charge is 0.208 e. The highest BCUT2D eigenvalue weighted by Gasteiger charge is 2.28. The lowest BCUT2D eigenvalue weighted by atomic mass is 10.1. The second-order valence-corrected chi connectivity index (χ2v) is 8.48. The van der Waals surface area contributed by atoms with E-state index in [2.05, 4.69) is 19.9 Å². The Balaban J connectivity index is 2.01. The van der Waals surface area contributed by atoms with Crippen molar-refractivity contribution in [2.75, 3.05) is 39.0 Å². The fourth-order valence-electron chi connectivity index (χ4n) is 2.93. The Labute approximate surface area is 161 Å². The van der Waals surface area contributed by atoms with Crippen LogP contribution in [0.3, 0.4) is 0 Å². The molecule has 1 aromatic carbocycles. The molecule has 0 aliphatic carbocycles. The average Bonchev–Trinajstić information content (AvgIpc) is 2.59. The van der Waals surface area contributed by atoms with E-state index in [0.717, 1.165) is 24.3 Å². The van der Waals surface area contributed by atoms with Crippen LogP contribution >= 0.6 is 0 Å². The van der Waals surface area contributed by atoms with Gasteiger partial charge in [0.25, 0.3) is 0 Å². The monoisotopic (exact) mass is 400 g/mol. The number of aliphatic imine (C=N–C) groups is 1. The van der Waals surface area contributed by atoms with Crippen molar-refractivity contribution < 1.29 is 17.5 Å². The molecule has 2 unspecified atom stereocenters. The van der Waals surface area contributed by atoms with Crippen LogP contribution in [-0.4, -0.2) is 64.4 Å². The largest absolute Gasteiger partial charge is 0.367 e. The molecule has 1 aromatic rings. The predicted molar refractivity (Wildman–Crippen MR) is 105 cm³/mol. The molecule has 1 saturated heterocycles. The van der Waals surface area contributed by atoms with E-state index in [1.54, 1.807) is 12.1 Å². The number of hydrogen-bond acceptors (Lipinski definition) is 4. The number of halogens is 1. The minimum absolute atomic E-state index is 0.00422. The maximum absolute atomic E-state index is 13.2. The van der Waals surface area contributed by atoms with E-state index in [0.29, 0.717) is 32.6 Å². The first-order valence-corrected chi connectivity index (χ1v) is 11.1. The zero-order chi connectivity index (χ0) is 19.9. The number of sulfonamides is 1. The third-order valence-electron chi connectivity index (χ3n) is 4.10. The molecule has 0 aromatic heterocycles. The van der Waals surface area contributed by atoms with Crippen LogP contribution in [0, 0.1) is 5.82 Å². The summed E-state index contributed by atoms with van der Waals surface area (Å²) < 4.78 is 43.9. The quantitative estimate of drug-likeness (QED) is 0.412. The minimum atomic E-state index is -3.17. The van der Waals surface area contributed by atoms with Gasteiger partial charge in [0.1, 0.15) is 11.9 Å². The summed E-state index contributed by atoms with van der Waals surface area (Å²) in [7, 11) is -3.17. The molecule has 1 aliphatic rings. The van der Waals surface area contributed by atoms with Gasteiger partial charge in [-0.05, 0) is 38.0 Å². The van der Waals surface area contributed by atoms with Crippen molar-refractivity contribution in [1.29, 1.82) is 0 Å². The van der Waals surface area contributed by atoms with Crippen molar-refractivity contribution in [1.82, 2.24) is 14.9 Å². The number of morpholine rings is 1. The standard InChI is InChI=1S/C18H29FN4O3S/c1-4-20-18(21-10-5-11-22-27(3,24)25)23-12-14(2)26-17(13-23)15-6-8-16(19)9-7-15/h6-9,14,17,22H,4-5,10-13H2,1-3H3,(H,20,21). The molecule has 0 radical (unpaired) electrons. The van der Waals surface area contributed by atoms with Crippen molar-refractivity contribution >= 4 is 16.0 Å². The number of benzene rings is 1. The van der Waals surface area contributed by atoms with E-state index < -0.39 is 10.0 Å². The van der Waals surface area contributed by atoms with Crippen molar-refractivity contribution in [2.45, 2.75) is 32.5 Å². The first-order chi connectivity index (χ1) is 12.8. The predicted octanol–water partition coefficient (Wildman–Crippen LogP) is 1.49. The molecule has 1 fully saturated rings. The Morgan fingerprint density at radius 2 is 2.04 bits per heavy atom. The molecule has 9 heteroatoms. The second-order valence-electron chi connectivity index (χ2n) is 6.65. The zero-order valence-corrected chi connectivity index (χ0v) is 16.9. The van der Waals surface area contributed by atoms with Gasteiger partial charge in [-0.2, -0.15) is 0 Å². The normalized spacial score (nSPS) is 21.3. The highest BCUT2D eigenvalue weighted by atomic mass is 32.2. The van der Waals surface area contributed by atoms with Gasteiger partial charge in [0.15, 0.2) is 5.96 Å². The lowest BCUT2D eigenvalue weighted by molar-refractivity contribution is -0.0605. The van der Waals surface area contributed by atoms with Gasteiger partial charge in [-0.3, -0.25) is 4.99 Å². The highest BCUT2D eigenvalue weighted by Crippen LogP contribution is 2.25. The van der Waals surface area contributed by atoms with Crippen LogP contribution in [-0.2, 0) is 14.8 Å². The van der Waals surface area contributed by atoms with Crippen LogP contribution < -0.4 is 10.0 Å². The Morgan fingerprint density at radius 1 is 1.33 bits per heavy atom. The number of nitrogens with one attached hydrogen (secondary N) is 2. The summed E-state index contributed by atoms with van der Waals surface area (Å²) in [5.41, 5.74) is 0.932. The van der Waals surface area contributed by atoms with E-state index in [1.165, 1.54) is 12.1 Å². The van der Waals surface area contributed by atoms with E-state index in [4.69, 9.17) is 4.74 Å². The Kier molecular flexibility index (Phi) is 8.00. The summed E-state index contributed by atoms with van der Waals surface area (Å²) >= 11 is 0. The van der Waals surface area contributed by atoms with Gasteiger partial charge < -0.3 is 15.0 Å². The summed E-state index contributed by atoms with van der Waals surface area (Å²) in [6.45, 7) is 6.92. The molecule has 7 nitrogen and oxygen atoms in total. The number of guanidine groups is 1. The van der Waals surface area contributed by atoms with Gasteiger partial charge in [-0.1, -0.05) is 12.1 Å². The van der Waals surface area contributed by atoms with Crippen LogP contribution in [0.2, 0.25) is 0 Å². The third kappa shape index (κ3) is 7.43. The maximum Gasteiger partial charge on any atom is 0.208 e. The lowest BCUT2D eigenvalue weighted by Gasteiger charge is -2.38. The van der Waals surface area contributed by atoms with Crippen LogP contribution in [0.4, 0.5) is 4.39 Å². The fourth-order valence-corrected chi connectivity index (χ4v) is 3.45. The summed E-state index contributed by atoms with van der Waals surface area (Å²) in [5, 5.41) is 3.28. The summed E-state index contributed by atoms with van der Waals surface area (Å²) in [4.78, 5) is 6.75. The first kappa shape index (κ1) is 21.6. The Morgan fingerprint density at radius 3 is 2.67 bits per heavy atom. The van der Waals surface area contributed by atoms with E-state index in [-0.39, 0.29) is 18.0 Å². The second kappa shape index (κ2) is 10.0. The van der Waals surface area contributed by atoms with Crippen molar-refractivity contribution in [2.24, 2.45) is 4.99 Å². The summed E-state index contributed by atoms with van der Waals surface area (Å²) in [6, 6.07) is 6.38. The molecule has 0 amide bonds. The van der Waals surface area contributed by atoms with Crippen LogP contribution in [0.5, 0.6) is 0 Å². The topological polar surface area (TPSA) is 83.0 Å². The van der Waals surface area contributed by atoms with Crippen LogP contribution in [0.25, 0.3) is 0 Å². The molecule has 2 N–H and O–H groups in total. The van der Waals surface area contributed by atoms with Gasteiger partial charge in [-0.15, -0.1) is 0 Å². The fraction of sp³-hybridized carbons (Fsp3) is 0.611. The summed E-state index contributed by atoms with van der Waals surface area (Å²) in [5.74, 6) is 0.510. The maximum atomic E-state index is 13.2. The Hall–Kier alpha value is -1.71. The number of hydrogen-bond donors (Lipinski definition) is 2. The molecule has 2 rings (SSSR count). The molecule has 0 saturated carbocycles.